The van der Waals surface area contributed by atoms with Crippen LogP contribution in [0.4, 0.5) is 5.88 Å². The van der Waals surface area contributed by atoms with E-state index in [4.69, 9.17) is 4.42 Å². The van der Waals surface area contributed by atoms with Crippen molar-refractivity contribution in [3.05, 3.63) is 71.5 Å². The minimum atomic E-state index is 0.164. The Bertz CT molecular complexity index is 1130. The lowest BCUT2D eigenvalue weighted by atomic mass is 10.1. The first-order valence-electron chi connectivity index (χ1n) is 8.07. The third kappa shape index (κ3) is 3.06. The average Bonchev–Trinajstić information content (AvgIpc) is 3.28. The highest BCUT2D eigenvalue weighted by molar-refractivity contribution is 5.89. The Hall–Kier alpha value is -3.85. The zero-order chi connectivity index (χ0) is 17.9. The molecule has 0 bridgehead atoms. The van der Waals surface area contributed by atoms with Gasteiger partial charge in [0.1, 0.15) is 6.07 Å². The molecule has 0 aliphatic rings. The number of benzene rings is 2. The number of nitrogens with one attached hydrogen (secondary N) is 2. The molecule has 0 amide bonds. The molecule has 0 unspecified atom stereocenters. The standard InChI is InChI=1S/C20H15N5O/c1-13-2-5-16(6-3-13)19-24-18(11-21)20(26-19)25-23-12-14-4-7-15-8-9-22-17(15)10-14/h2-10,12,22,25H,1H3/b23-12+. The zero-order valence-corrected chi connectivity index (χ0v) is 14.0. The van der Waals surface area contributed by atoms with Crippen molar-refractivity contribution in [2.24, 2.45) is 5.10 Å². The van der Waals surface area contributed by atoms with Gasteiger partial charge in [0.2, 0.25) is 11.6 Å². The van der Waals surface area contributed by atoms with Crippen molar-refractivity contribution < 1.29 is 4.42 Å². The van der Waals surface area contributed by atoms with Gasteiger partial charge in [0.15, 0.2) is 0 Å². The molecule has 2 N–H and O–H groups in total. The highest BCUT2D eigenvalue weighted by Gasteiger charge is 2.13. The van der Waals surface area contributed by atoms with Crippen LogP contribution in [0.3, 0.4) is 0 Å². The molecule has 0 saturated carbocycles. The summed E-state index contributed by atoms with van der Waals surface area (Å²) in [5, 5.41) is 14.6. The first-order chi connectivity index (χ1) is 12.7. The maximum absolute atomic E-state index is 9.27. The van der Waals surface area contributed by atoms with Gasteiger partial charge in [-0.15, -0.1) is 0 Å². The molecule has 0 radical (unpaired) electrons. The highest BCUT2D eigenvalue weighted by atomic mass is 16.4. The summed E-state index contributed by atoms with van der Waals surface area (Å²) in [6.45, 7) is 2.01. The van der Waals surface area contributed by atoms with Crippen molar-refractivity contribution in [1.29, 1.82) is 5.26 Å². The molecule has 0 aliphatic carbocycles. The zero-order valence-electron chi connectivity index (χ0n) is 14.0. The molecule has 26 heavy (non-hydrogen) atoms. The summed E-state index contributed by atoms with van der Waals surface area (Å²) in [5.74, 6) is 0.604. The third-order valence-electron chi connectivity index (χ3n) is 3.99. The Morgan fingerprint density at radius 1 is 1.19 bits per heavy atom. The van der Waals surface area contributed by atoms with E-state index in [9.17, 15) is 5.26 Å². The van der Waals surface area contributed by atoms with Crippen molar-refractivity contribution in [2.45, 2.75) is 6.92 Å². The minimum absolute atomic E-state index is 0.164. The Kier molecular flexibility index (Phi) is 3.96. The van der Waals surface area contributed by atoms with E-state index in [2.05, 4.69) is 20.5 Å². The number of oxazole rings is 1. The summed E-state index contributed by atoms with van der Waals surface area (Å²) in [7, 11) is 0. The van der Waals surface area contributed by atoms with Gasteiger partial charge < -0.3 is 9.40 Å². The fraction of sp³-hybridized carbons (Fsp3) is 0.0500. The summed E-state index contributed by atoms with van der Waals surface area (Å²) in [4.78, 5) is 7.38. The van der Waals surface area contributed by atoms with E-state index in [0.717, 1.165) is 27.6 Å². The number of aromatic amines is 1. The molecular weight excluding hydrogens is 326 g/mol. The number of anilines is 1. The molecule has 4 rings (SSSR count). The van der Waals surface area contributed by atoms with Crippen LogP contribution in [0.5, 0.6) is 0 Å². The fourth-order valence-corrected chi connectivity index (χ4v) is 2.60. The molecule has 0 aliphatic heterocycles. The average molecular weight is 341 g/mol. The van der Waals surface area contributed by atoms with Crippen molar-refractivity contribution in [3.8, 4) is 17.5 Å². The molecule has 4 aromatic rings. The maximum atomic E-state index is 9.27. The smallest absolute Gasteiger partial charge is 0.252 e. The van der Waals surface area contributed by atoms with Crippen LogP contribution in [-0.4, -0.2) is 16.2 Å². The number of aromatic nitrogens is 2. The number of hydrazone groups is 1. The molecule has 0 atom stereocenters. The summed E-state index contributed by atoms with van der Waals surface area (Å²) >= 11 is 0. The lowest BCUT2D eigenvalue weighted by molar-refractivity contribution is 0.587. The van der Waals surface area contributed by atoms with E-state index < -0.39 is 0 Å². The predicted octanol–water partition coefficient (Wildman–Crippen LogP) is 4.45. The third-order valence-corrected chi connectivity index (χ3v) is 3.99. The van der Waals surface area contributed by atoms with Crippen LogP contribution in [0.1, 0.15) is 16.8 Å². The van der Waals surface area contributed by atoms with Crippen LogP contribution < -0.4 is 5.43 Å². The number of nitrogens with zero attached hydrogens (tertiary/aromatic N) is 3. The Balaban J connectivity index is 1.55. The normalized spacial score (nSPS) is 11.1. The highest BCUT2D eigenvalue weighted by Crippen LogP contribution is 2.25. The van der Waals surface area contributed by atoms with Gasteiger partial charge in [-0.1, -0.05) is 29.8 Å². The van der Waals surface area contributed by atoms with Gasteiger partial charge in [-0.3, -0.25) is 0 Å². The van der Waals surface area contributed by atoms with E-state index >= 15 is 0 Å². The SMILES string of the molecule is Cc1ccc(-c2nc(C#N)c(N/N=C/c3ccc4cc[nH]c4c3)o2)cc1. The molecule has 6 nitrogen and oxygen atoms in total. The minimum Gasteiger partial charge on any atom is -0.417 e. The van der Waals surface area contributed by atoms with Gasteiger partial charge in [0, 0.05) is 17.3 Å². The van der Waals surface area contributed by atoms with Crippen molar-refractivity contribution >= 4 is 23.0 Å². The molecule has 2 aromatic heterocycles. The molecular formula is C20H15N5O. The summed E-state index contributed by atoms with van der Waals surface area (Å²) in [6.07, 6.45) is 3.56. The van der Waals surface area contributed by atoms with Crippen molar-refractivity contribution in [3.63, 3.8) is 0 Å². The number of aryl methyl sites for hydroxylation is 1. The molecule has 0 spiro atoms. The molecule has 6 heteroatoms. The Morgan fingerprint density at radius 3 is 2.85 bits per heavy atom. The predicted molar refractivity (Wildman–Crippen MR) is 101 cm³/mol. The molecule has 0 fully saturated rings. The molecule has 2 heterocycles. The number of fused-ring (bicyclic) bond motifs is 1. The number of hydrogen-bond acceptors (Lipinski definition) is 5. The fourth-order valence-electron chi connectivity index (χ4n) is 2.60. The monoisotopic (exact) mass is 341 g/mol. The maximum Gasteiger partial charge on any atom is 0.252 e. The van der Waals surface area contributed by atoms with Gasteiger partial charge >= 0.3 is 0 Å². The van der Waals surface area contributed by atoms with Crippen LogP contribution in [0, 0.1) is 18.3 Å². The van der Waals surface area contributed by atoms with Crippen molar-refractivity contribution in [2.75, 3.05) is 5.43 Å². The van der Waals surface area contributed by atoms with Crippen LogP contribution in [0.15, 0.2) is 64.2 Å². The Morgan fingerprint density at radius 2 is 2.04 bits per heavy atom. The topological polar surface area (TPSA) is 90.0 Å². The quantitative estimate of drug-likeness (QED) is 0.424. The van der Waals surface area contributed by atoms with Crippen LogP contribution in [0.2, 0.25) is 0 Å². The first-order valence-corrected chi connectivity index (χ1v) is 8.07. The number of nitriles is 1. The number of H-pyrrole nitrogens is 1. The van der Waals surface area contributed by atoms with E-state index in [0.29, 0.717) is 5.89 Å². The van der Waals surface area contributed by atoms with Crippen LogP contribution in [0.25, 0.3) is 22.4 Å². The molecule has 2 aromatic carbocycles. The molecule has 126 valence electrons. The van der Waals surface area contributed by atoms with E-state index in [1.165, 1.54) is 0 Å². The van der Waals surface area contributed by atoms with Gasteiger partial charge in [0.05, 0.1) is 6.21 Å². The van der Waals surface area contributed by atoms with Gasteiger partial charge in [-0.05, 0) is 42.1 Å². The lowest BCUT2D eigenvalue weighted by Gasteiger charge is -1.97. The van der Waals surface area contributed by atoms with E-state index in [-0.39, 0.29) is 11.6 Å². The van der Waals surface area contributed by atoms with E-state index in [1.807, 2.05) is 67.7 Å². The first kappa shape index (κ1) is 15.7. The van der Waals surface area contributed by atoms with Crippen molar-refractivity contribution in [1.82, 2.24) is 9.97 Å². The lowest BCUT2D eigenvalue weighted by Crippen LogP contribution is -1.91. The second-order valence-electron chi connectivity index (χ2n) is 5.87. The summed E-state index contributed by atoms with van der Waals surface area (Å²) < 4.78 is 5.66. The largest absolute Gasteiger partial charge is 0.417 e. The number of rotatable bonds is 4. The van der Waals surface area contributed by atoms with Gasteiger partial charge in [-0.2, -0.15) is 15.3 Å². The summed E-state index contributed by atoms with van der Waals surface area (Å²) in [6, 6.07) is 17.7. The summed E-state index contributed by atoms with van der Waals surface area (Å²) in [5.41, 5.74) is 6.83. The van der Waals surface area contributed by atoms with Gasteiger partial charge in [0.25, 0.3) is 5.88 Å². The second-order valence-corrected chi connectivity index (χ2v) is 5.87. The second kappa shape index (κ2) is 6.57. The molecule has 0 saturated heterocycles. The Labute approximate surface area is 149 Å². The van der Waals surface area contributed by atoms with Crippen LogP contribution in [-0.2, 0) is 0 Å². The van der Waals surface area contributed by atoms with Gasteiger partial charge in [-0.25, -0.2) is 5.43 Å². The number of hydrogen-bond donors (Lipinski definition) is 2. The van der Waals surface area contributed by atoms with E-state index in [1.54, 1.807) is 6.21 Å². The van der Waals surface area contributed by atoms with Crippen LogP contribution >= 0.6 is 0 Å².